The Kier molecular flexibility index (Phi) is 10.1. The topological polar surface area (TPSA) is 111 Å². The van der Waals surface area contributed by atoms with E-state index in [-0.39, 0.29) is 42.9 Å². The average molecular weight is 574 g/mol. The van der Waals surface area contributed by atoms with Gasteiger partial charge < -0.3 is 30.7 Å². The van der Waals surface area contributed by atoms with E-state index in [0.29, 0.717) is 42.3 Å². The maximum absolute atomic E-state index is 13.4. The Balaban J connectivity index is 1.48. The summed E-state index contributed by atoms with van der Waals surface area (Å²) in [7, 11) is 5.98. The van der Waals surface area contributed by atoms with E-state index in [4.69, 9.17) is 10.5 Å². The van der Waals surface area contributed by atoms with Gasteiger partial charge in [0, 0.05) is 56.5 Å². The summed E-state index contributed by atoms with van der Waals surface area (Å²) in [5.74, 6) is 0.499. The first-order valence-electron chi connectivity index (χ1n) is 14.4. The van der Waals surface area contributed by atoms with E-state index in [1.807, 2.05) is 87.6 Å². The Hall–Kier alpha value is -4.08. The summed E-state index contributed by atoms with van der Waals surface area (Å²) < 4.78 is 6.63. The molecule has 9 heteroatoms. The van der Waals surface area contributed by atoms with Gasteiger partial charge in [-0.3, -0.25) is 14.5 Å². The number of carbonyl (C=O) groups is 2. The van der Waals surface area contributed by atoms with E-state index in [0.717, 1.165) is 16.8 Å². The fraction of sp³-hybridized carbons (Fsp3) is 0.394. The van der Waals surface area contributed by atoms with Crippen LogP contribution in [0, 0.1) is 5.92 Å². The van der Waals surface area contributed by atoms with Gasteiger partial charge in [0.1, 0.15) is 11.9 Å². The van der Waals surface area contributed by atoms with Crippen molar-refractivity contribution in [3.8, 4) is 5.75 Å². The minimum absolute atomic E-state index is 0.0152. The Labute approximate surface area is 248 Å². The van der Waals surface area contributed by atoms with Crippen molar-refractivity contribution in [1.29, 1.82) is 0 Å². The van der Waals surface area contributed by atoms with Crippen LogP contribution in [0.25, 0.3) is 0 Å². The molecule has 4 rings (SSSR count). The Morgan fingerprint density at radius 3 is 2.50 bits per heavy atom. The minimum Gasteiger partial charge on any atom is -0.488 e. The first-order chi connectivity index (χ1) is 20.0. The number of hydrogen-bond acceptors (Lipinski definition) is 7. The lowest BCUT2D eigenvalue weighted by Crippen LogP contribution is -2.47. The van der Waals surface area contributed by atoms with Crippen LogP contribution < -0.4 is 20.7 Å². The monoisotopic (exact) mass is 573 g/mol. The third-order valence-electron chi connectivity index (χ3n) is 7.79. The van der Waals surface area contributed by atoms with Gasteiger partial charge in [0.2, 0.25) is 5.91 Å². The first kappa shape index (κ1) is 30.9. The van der Waals surface area contributed by atoms with E-state index in [1.165, 1.54) is 0 Å². The molecule has 4 N–H and O–H groups in total. The van der Waals surface area contributed by atoms with Crippen LogP contribution in [0.5, 0.6) is 5.75 Å². The summed E-state index contributed by atoms with van der Waals surface area (Å²) in [4.78, 5) is 32.1. The van der Waals surface area contributed by atoms with Crippen LogP contribution in [-0.2, 0) is 17.8 Å². The molecule has 1 heterocycles. The van der Waals surface area contributed by atoms with Crippen molar-refractivity contribution in [2.75, 3.05) is 56.8 Å². The lowest BCUT2D eigenvalue weighted by molar-refractivity contribution is -0.134. The quantitative estimate of drug-likeness (QED) is 0.333. The molecule has 0 radical (unpaired) electrons. The number of aliphatic hydroxyl groups excluding tert-OH is 1. The second-order valence-corrected chi connectivity index (χ2v) is 11.5. The number of anilines is 3. The lowest BCUT2D eigenvalue weighted by atomic mass is 10.0. The second-order valence-electron chi connectivity index (χ2n) is 11.5. The van der Waals surface area contributed by atoms with Gasteiger partial charge in [-0.05, 0) is 62.0 Å². The highest BCUT2D eigenvalue weighted by Gasteiger charge is 2.31. The van der Waals surface area contributed by atoms with E-state index < -0.39 is 0 Å². The number of nitrogen functional groups attached to an aromatic ring is 1. The van der Waals surface area contributed by atoms with E-state index >= 15 is 0 Å². The smallest absolute Gasteiger partial charge is 0.255 e. The number of benzene rings is 3. The number of para-hydroxylation sites is 2. The van der Waals surface area contributed by atoms with Gasteiger partial charge >= 0.3 is 0 Å². The van der Waals surface area contributed by atoms with E-state index in [2.05, 4.69) is 17.1 Å². The number of rotatable bonds is 9. The van der Waals surface area contributed by atoms with Crippen molar-refractivity contribution >= 4 is 28.9 Å². The van der Waals surface area contributed by atoms with Gasteiger partial charge in [-0.15, -0.1) is 0 Å². The number of aliphatic hydroxyl groups is 1. The van der Waals surface area contributed by atoms with Crippen molar-refractivity contribution in [2.24, 2.45) is 5.92 Å². The molecule has 0 saturated heterocycles. The molecule has 0 spiro atoms. The molecule has 3 atom stereocenters. The predicted octanol–water partition coefficient (Wildman–Crippen LogP) is 3.87. The van der Waals surface area contributed by atoms with Crippen molar-refractivity contribution in [2.45, 2.75) is 39.0 Å². The van der Waals surface area contributed by atoms with Crippen molar-refractivity contribution in [1.82, 2.24) is 9.80 Å². The molecule has 0 aliphatic carbocycles. The molecule has 0 aromatic heterocycles. The number of carbonyl (C=O) groups excluding carboxylic acids is 2. The third-order valence-corrected chi connectivity index (χ3v) is 7.79. The molecule has 224 valence electrons. The normalized spacial score (nSPS) is 17.9. The number of nitrogens with one attached hydrogen (secondary N) is 1. The van der Waals surface area contributed by atoms with Gasteiger partial charge in [0.15, 0.2) is 0 Å². The van der Waals surface area contributed by atoms with Crippen molar-refractivity contribution in [3.05, 3.63) is 83.4 Å². The summed E-state index contributed by atoms with van der Waals surface area (Å²) in [6.07, 6.45) is 0.0209. The van der Waals surface area contributed by atoms with Crippen LogP contribution in [-0.4, -0.2) is 79.7 Å². The van der Waals surface area contributed by atoms with Crippen LogP contribution in [0.15, 0.2) is 66.7 Å². The molecule has 2 amide bonds. The standard InChI is InChI=1S/C33H43N5O4/c1-22-18-38(23(2)21-39)32(40)17-26-16-27(36(3)4)14-15-30(26)42-31(22)20-37(5)19-24-10-12-25(13-11-24)33(41)35-29-9-7-6-8-28(29)34/h6-16,22-23,31,39H,17-21,34H2,1-5H3,(H,35,41)/t22-,23-,31-/m0/s1. The first-order valence-corrected chi connectivity index (χ1v) is 14.4. The fourth-order valence-electron chi connectivity index (χ4n) is 5.16. The van der Waals surface area contributed by atoms with Crippen LogP contribution in [0.3, 0.4) is 0 Å². The highest BCUT2D eigenvalue weighted by Crippen LogP contribution is 2.30. The zero-order valence-electron chi connectivity index (χ0n) is 25.2. The molecule has 3 aromatic carbocycles. The molecule has 0 saturated carbocycles. The van der Waals surface area contributed by atoms with Gasteiger partial charge in [-0.2, -0.15) is 0 Å². The Bertz CT molecular complexity index is 1380. The number of nitrogens with two attached hydrogens (primary N) is 1. The molecular weight excluding hydrogens is 530 g/mol. The lowest BCUT2D eigenvalue weighted by Gasteiger charge is -2.34. The van der Waals surface area contributed by atoms with Gasteiger partial charge in [-0.1, -0.05) is 31.2 Å². The number of nitrogens with zero attached hydrogens (tertiary/aromatic N) is 3. The molecule has 1 aliphatic rings. The van der Waals surface area contributed by atoms with Crippen molar-refractivity contribution < 1.29 is 19.4 Å². The average Bonchev–Trinajstić information content (AvgIpc) is 3.01. The number of amides is 2. The van der Waals surface area contributed by atoms with Gasteiger partial charge in [-0.25, -0.2) is 0 Å². The molecule has 1 aliphatic heterocycles. The van der Waals surface area contributed by atoms with Crippen LogP contribution in [0.4, 0.5) is 17.1 Å². The molecular formula is C33H43N5O4. The summed E-state index contributed by atoms with van der Waals surface area (Å²) in [6.45, 7) is 5.64. The maximum atomic E-state index is 13.4. The molecule has 3 aromatic rings. The van der Waals surface area contributed by atoms with Gasteiger partial charge in [0.05, 0.1) is 30.4 Å². The van der Waals surface area contributed by atoms with Gasteiger partial charge in [0.25, 0.3) is 5.91 Å². The van der Waals surface area contributed by atoms with Crippen molar-refractivity contribution in [3.63, 3.8) is 0 Å². The summed E-state index contributed by atoms with van der Waals surface area (Å²) in [6, 6.07) is 20.4. The third kappa shape index (κ3) is 7.60. The molecule has 42 heavy (non-hydrogen) atoms. The summed E-state index contributed by atoms with van der Waals surface area (Å²) in [5.41, 5.74) is 10.5. The number of likely N-dealkylation sites (N-methyl/N-ethyl adjacent to an activating group) is 1. The number of ether oxygens (including phenoxy) is 1. The molecule has 9 nitrogen and oxygen atoms in total. The predicted molar refractivity (Wildman–Crippen MR) is 168 cm³/mol. The largest absolute Gasteiger partial charge is 0.488 e. The van der Waals surface area contributed by atoms with E-state index in [1.54, 1.807) is 17.0 Å². The highest BCUT2D eigenvalue weighted by atomic mass is 16.5. The number of hydrogen-bond donors (Lipinski definition) is 3. The minimum atomic E-state index is -0.286. The summed E-state index contributed by atoms with van der Waals surface area (Å²) >= 11 is 0. The Morgan fingerprint density at radius 2 is 1.83 bits per heavy atom. The second kappa shape index (κ2) is 13.7. The zero-order valence-corrected chi connectivity index (χ0v) is 25.2. The fourth-order valence-corrected chi connectivity index (χ4v) is 5.16. The number of fused-ring (bicyclic) bond motifs is 1. The Morgan fingerprint density at radius 1 is 1.12 bits per heavy atom. The van der Waals surface area contributed by atoms with Crippen LogP contribution in [0.1, 0.15) is 35.3 Å². The zero-order chi connectivity index (χ0) is 30.4. The molecule has 0 unspecified atom stereocenters. The molecule has 0 bridgehead atoms. The van der Waals surface area contributed by atoms with Crippen LogP contribution in [0.2, 0.25) is 0 Å². The van der Waals surface area contributed by atoms with E-state index in [9.17, 15) is 14.7 Å². The highest BCUT2D eigenvalue weighted by molar-refractivity contribution is 6.05. The maximum Gasteiger partial charge on any atom is 0.255 e. The van der Waals surface area contributed by atoms with Crippen LogP contribution >= 0.6 is 0 Å². The molecule has 0 fully saturated rings. The summed E-state index contributed by atoms with van der Waals surface area (Å²) in [5, 5.41) is 12.7. The SMILES string of the molecule is C[C@H]1CN([C@@H](C)CO)C(=O)Cc2cc(N(C)C)ccc2O[C@H]1CN(C)Cc1ccc(C(=O)Nc2ccccc2N)cc1.